The molecule has 2 N–H and O–H groups in total. The normalized spacial score (nSPS) is 20.1. The third kappa shape index (κ3) is 2.31. The summed E-state index contributed by atoms with van der Waals surface area (Å²) in [5.41, 5.74) is 10.2. The first kappa shape index (κ1) is 12.8. The predicted octanol–water partition coefficient (Wildman–Crippen LogP) is 4.09. The lowest BCUT2D eigenvalue weighted by Gasteiger charge is -2.24. The molecule has 1 aromatic heterocycles. The molecule has 3 heteroatoms. The summed E-state index contributed by atoms with van der Waals surface area (Å²) >= 11 is 5.95. The van der Waals surface area contributed by atoms with Gasteiger partial charge in [0.05, 0.1) is 6.04 Å². The smallest absolute Gasteiger partial charge is 0.0554 e. The largest absolute Gasteiger partial charge is 0.344 e. The fraction of sp³-hybridized carbons (Fsp3) is 0.375. The molecule has 3 rings (SSSR count). The highest BCUT2D eigenvalue weighted by atomic mass is 35.5. The van der Waals surface area contributed by atoms with Crippen molar-refractivity contribution in [3.05, 3.63) is 58.4 Å². The first-order valence-corrected chi connectivity index (χ1v) is 7.25. The maximum Gasteiger partial charge on any atom is 0.0554 e. The third-order valence-electron chi connectivity index (χ3n) is 4.16. The Kier molecular flexibility index (Phi) is 3.38. The molecular weight excluding hydrogens is 256 g/mol. The van der Waals surface area contributed by atoms with Crippen molar-refractivity contribution in [2.24, 2.45) is 5.73 Å². The van der Waals surface area contributed by atoms with Crippen molar-refractivity contribution in [3.8, 4) is 0 Å². The molecule has 2 nitrogen and oxygen atoms in total. The molecule has 0 spiro atoms. The number of nitrogens with zero attached hydrogens (tertiary/aromatic N) is 1. The molecule has 0 saturated heterocycles. The minimum Gasteiger partial charge on any atom is -0.344 e. The van der Waals surface area contributed by atoms with Crippen LogP contribution < -0.4 is 5.73 Å². The van der Waals surface area contributed by atoms with E-state index in [1.54, 1.807) is 0 Å². The van der Waals surface area contributed by atoms with Crippen LogP contribution in [0.2, 0.25) is 5.02 Å². The molecule has 19 heavy (non-hydrogen) atoms. The fourth-order valence-corrected chi connectivity index (χ4v) is 3.14. The molecule has 0 fully saturated rings. The Balaban J connectivity index is 1.96. The van der Waals surface area contributed by atoms with Gasteiger partial charge in [-0.25, -0.2) is 0 Å². The summed E-state index contributed by atoms with van der Waals surface area (Å²) in [6.07, 6.45) is 5.60. The van der Waals surface area contributed by atoms with Crippen LogP contribution in [0.15, 0.2) is 36.5 Å². The lowest BCUT2D eigenvalue weighted by atomic mass is 9.93. The Morgan fingerprint density at radius 1 is 1.26 bits per heavy atom. The standard InChI is InChI=1S/C16H19ClN2/c1-11(12-5-7-13(17)8-6-12)19-10-9-14-15(18)3-2-4-16(14)19/h5-11,15H,2-4,18H2,1H3. The molecule has 0 radical (unpaired) electrons. The number of aromatic nitrogens is 1. The van der Waals surface area contributed by atoms with Crippen LogP contribution in [0, 0.1) is 0 Å². The Hall–Kier alpha value is -1.25. The van der Waals surface area contributed by atoms with Gasteiger partial charge in [-0.05, 0) is 55.5 Å². The minimum absolute atomic E-state index is 0.211. The molecule has 2 unspecified atom stereocenters. The summed E-state index contributed by atoms with van der Waals surface area (Å²) in [6, 6.07) is 10.8. The molecule has 2 atom stereocenters. The summed E-state index contributed by atoms with van der Waals surface area (Å²) in [4.78, 5) is 0. The van der Waals surface area contributed by atoms with E-state index in [1.165, 1.54) is 23.2 Å². The Bertz CT molecular complexity index is 571. The Labute approximate surface area is 119 Å². The van der Waals surface area contributed by atoms with E-state index in [0.717, 1.165) is 17.9 Å². The zero-order chi connectivity index (χ0) is 13.4. The average Bonchev–Trinajstić information content (AvgIpc) is 2.84. The van der Waals surface area contributed by atoms with Crippen LogP contribution in [0.4, 0.5) is 0 Å². The first-order chi connectivity index (χ1) is 9.16. The second kappa shape index (κ2) is 5.03. The molecule has 1 aliphatic rings. The second-order valence-electron chi connectivity index (χ2n) is 5.35. The predicted molar refractivity (Wildman–Crippen MR) is 79.6 cm³/mol. The Morgan fingerprint density at radius 2 is 2.00 bits per heavy atom. The van der Waals surface area contributed by atoms with Crippen LogP contribution in [-0.4, -0.2) is 4.57 Å². The molecular formula is C16H19ClN2. The minimum atomic E-state index is 0.211. The molecule has 1 heterocycles. The third-order valence-corrected chi connectivity index (χ3v) is 4.41. The molecule has 2 aromatic rings. The highest BCUT2D eigenvalue weighted by Crippen LogP contribution is 2.32. The molecule has 0 aliphatic heterocycles. The van der Waals surface area contributed by atoms with Crippen molar-refractivity contribution in [1.82, 2.24) is 4.57 Å². The number of nitrogens with two attached hydrogens (primary N) is 1. The van der Waals surface area contributed by atoms with Gasteiger partial charge in [-0.2, -0.15) is 0 Å². The van der Waals surface area contributed by atoms with Crippen LogP contribution in [0.25, 0.3) is 0 Å². The van der Waals surface area contributed by atoms with E-state index in [4.69, 9.17) is 17.3 Å². The van der Waals surface area contributed by atoms with Gasteiger partial charge in [-0.15, -0.1) is 0 Å². The summed E-state index contributed by atoms with van der Waals surface area (Å²) < 4.78 is 2.36. The van der Waals surface area contributed by atoms with Gasteiger partial charge < -0.3 is 10.3 Å². The number of halogens is 1. The van der Waals surface area contributed by atoms with E-state index in [2.05, 4.69) is 35.9 Å². The number of hydrogen-bond donors (Lipinski definition) is 1. The van der Waals surface area contributed by atoms with E-state index in [1.807, 2.05) is 12.1 Å². The number of fused-ring (bicyclic) bond motifs is 1. The van der Waals surface area contributed by atoms with Crippen molar-refractivity contribution in [2.75, 3.05) is 0 Å². The van der Waals surface area contributed by atoms with Gasteiger partial charge >= 0.3 is 0 Å². The molecule has 1 aliphatic carbocycles. The zero-order valence-electron chi connectivity index (χ0n) is 11.1. The van der Waals surface area contributed by atoms with Gasteiger partial charge in [-0.3, -0.25) is 0 Å². The van der Waals surface area contributed by atoms with E-state index in [9.17, 15) is 0 Å². The molecule has 0 bridgehead atoms. The molecule has 1 aromatic carbocycles. The van der Waals surface area contributed by atoms with Crippen LogP contribution in [0.1, 0.15) is 48.7 Å². The monoisotopic (exact) mass is 274 g/mol. The maximum absolute atomic E-state index is 6.19. The number of hydrogen-bond acceptors (Lipinski definition) is 1. The summed E-state index contributed by atoms with van der Waals surface area (Å²) in [5.74, 6) is 0. The summed E-state index contributed by atoms with van der Waals surface area (Å²) in [6.45, 7) is 2.23. The highest BCUT2D eigenvalue weighted by molar-refractivity contribution is 6.30. The first-order valence-electron chi connectivity index (χ1n) is 6.87. The average molecular weight is 275 g/mol. The van der Waals surface area contributed by atoms with Crippen LogP contribution in [0.5, 0.6) is 0 Å². The van der Waals surface area contributed by atoms with Gasteiger partial charge in [0.15, 0.2) is 0 Å². The van der Waals surface area contributed by atoms with Crippen LogP contribution >= 0.6 is 11.6 Å². The van der Waals surface area contributed by atoms with E-state index < -0.39 is 0 Å². The second-order valence-corrected chi connectivity index (χ2v) is 5.79. The van der Waals surface area contributed by atoms with Gasteiger partial charge in [0, 0.05) is 23.0 Å². The zero-order valence-corrected chi connectivity index (χ0v) is 11.9. The quantitative estimate of drug-likeness (QED) is 0.879. The van der Waals surface area contributed by atoms with E-state index in [-0.39, 0.29) is 6.04 Å². The molecule has 0 saturated carbocycles. The Morgan fingerprint density at radius 3 is 2.74 bits per heavy atom. The van der Waals surface area contributed by atoms with Crippen LogP contribution in [0.3, 0.4) is 0 Å². The van der Waals surface area contributed by atoms with Crippen molar-refractivity contribution in [3.63, 3.8) is 0 Å². The van der Waals surface area contributed by atoms with Gasteiger partial charge in [0.2, 0.25) is 0 Å². The van der Waals surface area contributed by atoms with Crippen molar-refractivity contribution in [2.45, 2.75) is 38.3 Å². The maximum atomic E-state index is 6.19. The SMILES string of the molecule is CC(c1ccc(Cl)cc1)n1ccc2c1CCCC2N. The fourth-order valence-electron chi connectivity index (χ4n) is 3.02. The molecule has 100 valence electrons. The lowest BCUT2D eigenvalue weighted by Crippen LogP contribution is -2.19. The van der Waals surface area contributed by atoms with Crippen molar-refractivity contribution < 1.29 is 0 Å². The summed E-state index contributed by atoms with van der Waals surface area (Å²) in [5, 5.41) is 0.785. The summed E-state index contributed by atoms with van der Waals surface area (Å²) in [7, 11) is 0. The van der Waals surface area contributed by atoms with E-state index >= 15 is 0 Å². The van der Waals surface area contributed by atoms with Gasteiger partial charge in [-0.1, -0.05) is 23.7 Å². The number of benzene rings is 1. The van der Waals surface area contributed by atoms with Crippen LogP contribution in [-0.2, 0) is 6.42 Å². The topological polar surface area (TPSA) is 30.9 Å². The highest BCUT2D eigenvalue weighted by Gasteiger charge is 2.22. The van der Waals surface area contributed by atoms with Gasteiger partial charge in [0.25, 0.3) is 0 Å². The van der Waals surface area contributed by atoms with E-state index in [0.29, 0.717) is 6.04 Å². The van der Waals surface area contributed by atoms with Gasteiger partial charge in [0.1, 0.15) is 0 Å². The molecule has 0 amide bonds. The van der Waals surface area contributed by atoms with Crippen molar-refractivity contribution >= 4 is 11.6 Å². The van der Waals surface area contributed by atoms with Crippen molar-refractivity contribution in [1.29, 1.82) is 0 Å². The lowest BCUT2D eigenvalue weighted by molar-refractivity contribution is 0.525. The number of rotatable bonds is 2.